The third-order valence-electron chi connectivity index (χ3n) is 3.22. The van der Waals surface area contributed by atoms with E-state index in [0.717, 1.165) is 24.2 Å². The molecule has 3 nitrogen and oxygen atoms in total. The fourth-order valence-electron chi connectivity index (χ4n) is 1.95. The Labute approximate surface area is 119 Å². The number of alkyl halides is 1. The molecule has 0 saturated heterocycles. The van der Waals surface area contributed by atoms with Crippen LogP contribution in [0.15, 0.2) is 24.3 Å². The molecule has 0 N–H and O–H groups in total. The molecule has 0 spiro atoms. The zero-order chi connectivity index (χ0) is 14.3. The van der Waals surface area contributed by atoms with E-state index in [1.807, 2.05) is 31.2 Å². The summed E-state index contributed by atoms with van der Waals surface area (Å²) in [5.74, 6) is 0.296. The average molecular weight is 285 g/mol. The summed E-state index contributed by atoms with van der Waals surface area (Å²) in [5.41, 5.74) is 0.938. The van der Waals surface area contributed by atoms with Gasteiger partial charge in [-0.05, 0) is 37.0 Å². The SMILES string of the molecule is CCC(Cl)CCC(C(=O)OC)c1ccc(OC)cc1. The molecule has 0 aromatic heterocycles. The number of rotatable bonds is 7. The highest BCUT2D eigenvalue weighted by Gasteiger charge is 2.22. The van der Waals surface area contributed by atoms with Gasteiger partial charge in [0.1, 0.15) is 5.75 Å². The number of benzene rings is 1. The summed E-state index contributed by atoms with van der Waals surface area (Å²) >= 11 is 6.12. The highest BCUT2D eigenvalue weighted by Crippen LogP contribution is 2.27. The summed E-state index contributed by atoms with van der Waals surface area (Å²) in [5, 5.41) is 0.102. The molecule has 0 bridgehead atoms. The van der Waals surface area contributed by atoms with Gasteiger partial charge in [0, 0.05) is 5.38 Å². The van der Waals surface area contributed by atoms with E-state index in [4.69, 9.17) is 21.1 Å². The molecule has 0 fully saturated rings. The molecular weight excluding hydrogens is 264 g/mol. The van der Waals surface area contributed by atoms with Crippen LogP contribution in [0.3, 0.4) is 0 Å². The topological polar surface area (TPSA) is 35.5 Å². The van der Waals surface area contributed by atoms with Crippen LogP contribution in [-0.4, -0.2) is 25.6 Å². The first kappa shape index (κ1) is 15.8. The molecule has 2 unspecified atom stereocenters. The molecule has 19 heavy (non-hydrogen) atoms. The molecule has 0 saturated carbocycles. The van der Waals surface area contributed by atoms with Gasteiger partial charge >= 0.3 is 5.97 Å². The Hall–Kier alpha value is -1.22. The molecular formula is C15H21ClO3. The maximum Gasteiger partial charge on any atom is 0.313 e. The number of carbonyl (C=O) groups excluding carboxylic acids is 1. The number of ether oxygens (including phenoxy) is 2. The lowest BCUT2D eigenvalue weighted by atomic mass is 9.93. The van der Waals surface area contributed by atoms with Gasteiger partial charge in [0.25, 0.3) is 0 Å². The van der Waals surface area contributed by atoms with E-state index in [1.54, 1.807) is 7.11 Å². The van der Waals surface area contributed by atoms with Crippen LogP contribution in [0.2, 0.25) is 0 Å². The largest absolute Gasteiger partial charge is 0.497 e. The Morgan fingerprint density at radius 2 is 1.84 bits per heavy atom. The third-order valence-corrected chi connectivity index (χ3v) is 3.74. The molecule has 0 heterocycles. The lowest BCUT2D eigenvalue weighted by Gasteiger charge is -2.16. The number of esters is 1. The van der Waals surface area contributed by atoms with Crippen molar-refractivity contribution in [3.63, 3.8) is 0 Å². The van der Waals surface area contributed by atoms with Crippen molar-refractivity contribution in [2.45, 2.75) is 37.5 Å². The van der Waals surface area contributed by atoms with Crippen LogP contribution in [0.1, 0.15) is 37.7 Å². The van der Waals surface area contributed by atoms with E-state index in [9.17, 15) is 4.79 Å². The highest BCUT2D eigenvalue weighted by atomic mass is 35.5. The first-order valence-corrected chi connectivity index (χ1v) is 6.91. The van der Waals surface area contributed by atoms with Crippen LogP contribution in [0.4, 0.5) is 0 Å². The smallest absolute Gasteiger partial charge is 0.313 e. The van der Waals surface area contributed by atoms with Crippen molar-refractivity contribution in [2.75, 3.05) is 14.2 Å². The normalized spacial score (nSPS) is 13.7. The van der Waals surface area contributed by atoms with Gasteiger partial charge in [-0.2, -0.15) is 0 Å². The number of hydrogen-bond acceptors (Lipinski definition) is 3. The van der Waals surface area contributed by atoms with Crippen molar-refractivity contribution in [3.05, 3.63) is 29.8 Å². The number of methoxy groups -OCH3 is 2. The minimum atomic E-state index is -0.260. The predicted octanol–water partition coefficient (Wildman–Crippen LogP) is 3.75. The van der Waals surface area contributed by atoms with Gasteiger partial charge in [-0.15, -0.1) is 11.6 Å². The van der Waals surface area contributed by atoms with E-state index < -0.39 is 0 Å². The number of halogens is 1. The van der Waals surface area contributed by atoms with Crippen LogP contribution in [-0.2, 0) is 9.53 Å². The number of hydrogen-bond donors (Lipinski definition) is 0. The van der Waals surface area contributed by atoms with E-state index >= 15 is 0 Å². The Morgan fingerprint density at radius 1 is 1.21 bits per heavy atom. The van der Waals surface area contributed by atoms with Gasteiger partial charge in [0.2, 0.25) is 0 Å². The van der Waals surface area contributed by atoms with Gasteiger partial charge < -0.3 is 9.47 Å². The maximum atomic E-state index is 11.9. The lowest BCUT2D eigenvalue weighted by molar-refractivity contribution is -0.142. The molecule has 106 valence electrons. The third kappa shape index (κ3) is 4.75. The summed E-state index contributed by atoms with van der Waals surface area (Å²) < 4.78 is 9.99. The second kappa shape index (κ2) is 8.05. The molecule has 4 heteroatoms. The van der Waals surface area contributed by atoms with Gasteiger partial charge in [0.05, 0.1) is 20.1 Å². The lowest BCUT2D eigenvalue weighted by Crippen LogP contribution is -2.15. The van der Waals surface area contributed by atoms with E-state index in [0.29, 0.717) is 6.42 Å². The Bertz CT molecular complexity index is 389. The second-order valence-electron chi connectivity index (χ2n) is 4.43. The molecule has 0 amide bonds. The monoisotopic (exact) mass is 284 g/mol. The minimum Gasteiger partial charge on any atom is -0.497 e. The van der Waals surface area contributed by atoms with Gasteiger partial charge in [-0.3, -0.25) is 4.79 Å². The summed E-state index contributed by atoms with van der Waals surface area (Å²) in [6.07, 6.45) is 2.39. The van der Waals surface area contributed by atoms with Gasteiger partial charge in [-0.25, -0.2) is 0 Å². The molecule has 1 aromatic rings. The molecule has 0 aliphatic heterocycles. The fraction of sp³-hybridized carbons (Fsp3) is 0.533. The highest BCUT2D eigenvalue weighted by molar-refractivity contribution is 6.20. The van der Waals surface area contributed by atoms with Crippen LogP contribution < -0.4 is 4.74 Å². The fourth-order valence-corrected chi connectivity index (χ4v) is 2.08. The van der Waals surface area contributed by atoms with Crippen LogP contribution in [0.25, 0.3) is 0 Å². The van der Waals surface area contributed by atoms with Crippen molar-refractivity contribution in [1.29, 1.82) is 0 Å². The van der Waals surface area contributed by atoms with Crippen molar-refractivity contribution in [3.8, 4) is 5.75 Å². The average Bonchev–Trinajstić information content (AvgIpc) is 2.47. The summed E-state index contributed by atoms with van der Waals surface area (Å²) in [6.45, 7) is 2.04. The quantitative estimate of drug-likeness (QED) is 0.565. The molecule has 0 aliphatic carbocycles. The van der Waals surface area contributed by atoms with E-state index in [-0.39, 0.29) is 17.3 Å². The predicted molar refractivity (Wildman–Crippen MR) is 76.9 cm³/mol. The van der Waals surface area contributed by atoms with Crippen LogP contribution in [0, 0.1) is 0 Å². The molecule has 2 atom stereocenters. The number of carbonyl (C=O) groups is 1. The molecule has 1 aromatic carbocycles. The Balaban J connectivity index is 2.80. The zero-order valence-electron chi connectivity index (χ0n) is 11.7. The molecule has 0 aliphatic rings. The second-order valence-corrected chi connectivity index (χ2v) is 5.05. The standard InChI is InChI=1S/C15H21ClO3/c1-4-12(16)7-10-14(15(17)19-3)11-5-8-13(18-2)9-6-11/h5-6,8-9,12,14H,4,7,10H2,1-3H3. The van der Waals surface area contributed by atoms with Crippen molar-refractivity contribution >= 4 is 17.6 Å². The Morgan fingerprint density at radius 3 is 2.32 bits per heavy atom. The van der Waals surface area contributed by atoms with Crippen molar-refractivity contribution in [1.82, 2.24) is 0 Å². The first-order valence-electron chi connectivity index (χ1n) is 6.48. The zero-order valence-corrected chi connectivity index (χ0v) is 12.4. The summed E-state index contributed by atoms with van der Waals surface area (Å²) in [6, 6.07) is 7.50. The molecule has 1 rings (SSSR count). The van der Waals surface area contributed by atoms with E-state index in [2.05, 4.69) is 0 Å². The first-order chi connectivity index (χ1) is 9.12. The van der Waals surface area contributed by atoms with E-state index in [1.165, 1.54) is 7.11 Å². The summed E-state index contributed by atoms with van der Waals surface area (Å²) in [4.78, 5) is 11.9. The summed E-state index contributed by atoms with van der Waals surface area (Å²) in [7, 11) is 3.03. The van der Waals surface area contributed by atoms with Crippen LogP contribution >= 0.6 is 11.6 Å². The van der Waals surface area contributed by atoms with Crippen molar-refractivity contribution < 1.29 is 14.3 Å². The molecule has 0 radical (unpaired) electrons. The maximum absolute atomic E-state index is 11.9. The van der Waals surface area contributed by atoms with Crippen LogP contribution in [0.5, 0.6) is 5.75 Å². The van der Waals surface area contributed by atoms with Gasteiger partial charge in [0.15, 0.2) is 0 Å². The van der Waals surface area contributed by atoms with Gasteiger partial charge in [-0.1, -0.05) is 19.1 Å². The minimum absolute atomic E-state index is 0.102. The van der Waals surface area contributed by atoms with Crippen molar-refractivity contribution in [2.24, 2.45) is 0 Å². The Kier molecular flexibility index (Phi) is 6.71.